The van der Waals surface area contributed by atoms with Crippen molar-refractivity contribution in [1.82, 2.24) is 14.8 Å². The summed E-state index contributed by atoms with van der Waals surface area (Å²) in [5.74, 6) is 0.754. The summed E-state index contributed by atoms with van der Waals surface area (Å²) in [5, 5.41) is 1.02. The number of hydrogen-bond donors (Lipinski definition) is 1. The van der Waals surface area contributed by atoms with Gasteiger partial charge in [-0.25, -0.2) is 0 Å². The molecule has 144 valence electrons. The number of amides is 1. The van der Waals surface area contributed by atoms with Crippen LogP contribution in [-0.4, -0.2) is 65.6 Å². The number of benzene rings is 1. The molecule has 4 heterocycles. The summed E-state index contributed by atoms with van der Waals surface area (Å²) in [7, 11) is 0. The number of aromatic amines is 1. The van der Waals surface area contributed by atoms with E-state index in [-0.39, 0.29) is 11.5 Å². The second-order valence-electron chi connectivity index (χ2n) is 8.65. The lowest BCUT2D eigenvalue weighted by molar-refractivity contribution is -0.0450. The topological polar surface area (TPSA) is 48.6 Å². The molecule has 0 aliphatic carbocycles. The molecule has 5 rings (SSSR count). The minimum absolute atomic E-state index is 0.121. The van der Waals surface area contributed by atoms with Gasteiger partial charge in [-0.1, -0.05) is 18.2 Å². The SMILES string of the molecule is O=C(c1c[nH]c2ccccc12)N1CCC[C@]2(C[C@H](CN3CCCC3)CO2)C1. The molecule has 2 aromatic rings. The number of hydrogen-bond acceptors (Lipinski definition) is 3. The first-order valence-corrected chi connectivity index (χ1v) is 10.4. The van der Waals surface area contributed by atoms with E-state index in [0.29, 0.717) is 5.92 Å². The zero-order valence-electron chi connectivity index (χ0n) is 16.0. The number of rotatable bonds is 3. The highest BCUT2D eigenvalue weighted by Gasteiger charge is 2.45. The van der Waals surface area contributed by atoms with Crippen LogP contribution >= 0.6 is 0 Å². The van der Waals surface area contributed by atoms with Crippen LogP contribution in [0.25, 0.3) is 10.9 Å². The second-order valence-corrected chi connectivity index (χ2v) is 8.65. The summed E-state index contributed by atoms with van der Waals surface area (Å²) >= 11 is 0. The van der Waals surface area contributed by atoms with Gasteiger partial charge < -0.3 is 19.5 Å². The number of aromatic nitrogens is 1. The first-order valence-electron chi connectivity index (χ1n) is 10.4. The van der Waals surface area contributed by atoms with Crippen LogP contribution in [0.4, 0.5) is 0 Å². The lowest BCUT2D eigenvalue weighted by Gasteiger charge is -2.40. The number of carbonyl (C=O) groups is 1. The van der Waals surface area contributed by atoms with E-state index in [1.54, 1.807) is 0 Å². The smallest absolute Gasteiger partial charge is 0.256 e. The highest BCUT2D eigenvalue weighted by Crippen LogP contribution is 2.38. The predicted molar refractivity (Wildman–Crippen MR) is 106 cm³/mol. The van der Waals surface area contributed by atoms with Crippen LogP contribution in [0, 0.1) is 5.92 Å². The maximum atomic E-state index is 13.2. The molecule has 27 heavy (non-hydrogen) atoms. The highest BCUT2D eigenvalue weighted by molar-refractivity contribution is 6.06. The van der Waals surface area contributed by atoms with Crippen molar-refractivity contribution in [3.8, 4) is 0 Å². The summed E-state index contributed by atoms with van der Waals surface area (Å²) in [4.78, 5) is 21.1. The summed E-state index contributed by atoms with van der Waals surface area (Å²) in [6, 6.07) is 8.04. The minimum atomic E-state index is -0.121. The zero-order chi connectivity index (χ0) is 18.3. The van der Waals surface area contributed by atoms with Crippen molar-refractivity contribution in [3.63, 3.8) is 0 Å². The van der Waals surface area contributed by atoms with E-state index < -0.39 is 0 Å². The number of fused-ring (bicyclic) bond motifs is 1. The maximum Gasteiger partial charge on any atom is 0.256 e. The molecule has 1 spiro atoms. The standard InChI is InChI=1S/C22H29N3O2/c26-21(19-13-23-20-7-2-1-6-18(19)20)25-11-5-8-22(16-25)12-17(15-27-22)14-24-9-3-4-10-24/h1-2,6-7,13,17,23H,3-5,8-12,14-16H2/t17-,22+/m1/s1. The summed E-state index contributed by atoms with van der Waals surface area (Å²) < 4.78 is 6.36. The molecule has 3 saturated heterocycles. The number of para-hydroxylation sites is 1. The summed E-state index contributed by atoms with van der Waals surface area (Å²) in [5.41, 5.74) is 1.69. The number of H-pyrrole nitrogens is 1. The number of likely N-dealkylation sites (tertiary alicyclic amines) is 2. The van der Waals surface area contributed by atoms with Gasteiger partial charge in [-0.3, -0.25) is 4.79 Å². The van der Waals surface area contributed by atoms with Gasteiger partial charge in [0.25, 0.3) is 5.91 Å². The Bertz CT molecular complexity index is 826. The van der Waals surface area contributed by atoms with Gasteiger partial charge in [-0.15, -0.1) is 0 Å². The molecule has 1 aromatic heterocycles. The van der Waals surface area contributed by atoms with Gasteiger partial charge in [0.05, 0.1) is 17.8 Å². The van der Waals surface area contributed by atoms with Gasteiger partial charge in [0.1, 0.15) is 0 Å². The predicted octanol–water partition coefficient (Wildman–Crippen LogP) is 3.28. The molecule has 3 aliphatic rings. The number of nitrogens with zero attached hydrogens (tertiary/aromatic N) is 2. The third-order valence-corrected chi connectivity index (χ3v) is 6.65. The van der Waals surface area contributed by atoms with Crippen molar-refractivity contribution in [2.75, 3.05) is 39.3 Å². The zero-order valence-corrected chi connectivity index (χ0v) is 16.0. The normalized spacial score (nSPS) is 29.2. The van der Waals surface area contributed by atoms with E-state index >= 15 is 0 Å². The van der Waals surface area contributed by atoms with Crippen molar-refractivity contribution < 1.29 is 9.53 Å². The van der Waals surface area contributed by atoms with Crippen LogP contribution < -0.4 is 0 Å². The first-order chi connectivity index (χ1) is 13.2. The maximum absolute atomic E-state index is 13.2. The average molecular weight is 367 g/mol. The van der Waals surface area contributed by atoms with Crippen LogP contribution in [0.3, 0.4) is 0 Å². The Hall–Kier alpha value is -1.85. The van der Waals surface area contributed by atoms with E-state index in [9.17, 15) is 4.79 Å². The van der Waals surface area contributed by atoms with E-state index in [4.69, 9.17) is 4.74 Å². The molecule has 5 nitrogen and oxygen atoms in total. The van der Waals surface area contributed by atoms with Gasteiger partial charge in [0.2, 0.25) is 0 Å². The molecule has 2 atom stereocenters. The molecule has 1 N–H and O–H groups in total. The van der Waals surface area contributed by atoms with Crippen molar-refractivity contribution in [1.29, 1.82) is 0 Å². The molecule has 0 unspecified atom stereocenters. The Labute approximate surface area is 160 Å². The van der Waals surface area contributed by atoms with Gasteiger partial charge in [0, 0.05) is 36.7 Å². The Morgan fingerprint density at radius 3 is 2.93 bits per heavy atom. The molecule has 0 radical (unpaired) electrons. The summed E-state index contributed by atoms with van der Waals surface area (Å²) in [6.07, 6.45) is 7.75. The van der Waals surface area contributed by atoms with Crippen LogP contribution in [0.15, 0.2) is 30.5 Å². The van der Waals surface area contributed by atoms with Crippen molar-refractivity contribution >= 4 is 16.8 Å². The van der Waals surface area contributed by atoms with E-state index in [2.05, 4.69) is 9.88 Å². The van der Waals surface area contributed by atoms with Crippen LogP contribution in [0.1, 0.15) is 42.5 Å². The molecule has 3 fully saturated rings. The second kappa shape index (κ2) is 6.95. The van der Waals surface area contributed by atoms with Crippen molar-refractivity contribution in [2.24, 2.45) is 5.92 Å². The molecule has 0 bridgehead atoms. The number of carbonyl (C=O) groups excluding carboxylic acids is 1. The monoisotopic (exact) mass is 367 g/mol. The highest BCUT2D eigenvalue weighted by atomic mass is 16.5. The lowest BCUT2D eigenvalue weighted by Crippen LogP contribution is -2.50. The van der Waals surface area contributed by atoms with Gasteiger partial charge in [0.15, 0.2) is 0 Å². The fourth-order valence-electron chi connectivity index (χ4n) is 5.36. The van der Waals surface area contributed by atoms with Crippen LogP contribution in [0.2, 0.25) is 0 Å². The molecule has 1 aromatic carbocycles. The first kappa shape index (κ1) is 17.3. The van der Waals surface area contributed by atoms with Crippen LogP contribution in [0.5, 0.6) is 0 Å². The molecular weight excluding hydrogens is 338 g/mol. The van der Waals surface area contributed by atoms with Crippen LogP contribution in [-0.2, 0) is 4.74 Å². The lowest BCUT2D eigenvalue weighted by atomic mass is 9.86. The minimum Gasteiger partial charge on any atom is -0.373 e. The number of piperidine rings is 1. The Morgan fingerprint density at radius 2 is 2.04 bits per heavy atom. The third-order valence-electron chi connectivity index (χ3n) is 6.65. The Kier molecular flexibility index (Phi) is 4.44. The number of nitrogens with one attached hydrogen (secondary N) is 1. The van der Waals surface area contributed by atoms with Gasteiger partial charge in [-0.05, 0) is 57.2 Å². The fraction of sp³-hybridized carbons (Fsp3) is 0.591. The summed E-state index contributed by atoms with van der Waals surface area (Å²) in [6.45, 7) is 6.08. The van der Waals surface area contributed by atoms with Gasteiger partial charge >= 0.3 is 0 Å². The molecule has 1 amide bonds. The molecular formula is C22H29N3O2. The fourth-order valence-corrected chi connectivity index (χ4v) is 5.36. The molecule has 5 heteroatoms. The van der Waals surface area contributed by atoms with Gasteiger partial charge in [-0.2, -0.15) is 0 Å². The van der Waals surface area contributed by atoms with E-state index in [1.807, 2.05) is 35.4 Å². The third kappa shape index (κ3) is 3.27. The largest absolute Gasteiger partial charge is 0.373 e. The quantitative estimate of drug-likeness (QED) is 0.906. The van der Waals surface area contributed by atoms with Crippen molar-refractivity contribution in [3.05, 3.63) is 36.0 Å². The molecule has 3 aliphatic heterocycles. The van der Waals surface area contributed by atoms with E-state index in [0.717, 1.165) is 62.0 Å². The Morgan fingerprint density at radius 1 is 1.19 bits per heavy atom. The number of ether oxygens (including phenoxy) is 1. The molecule has 0 saturated carbocycles. The van der Waals surface area contributed by atoms with E-state index in [1.165, 1.54) is 25.9 Å². The Balaban J connectivity index is 1.28. The van der Waals surface area contributed by atoms with Crippen molar-refractivity contribution in [2.45, 2.75) is 37.7 Å². The average Bonchev–Trinajstić information content (AvgIpc) is 3.42.